The van der Waals surface area contributed by atoms with E-state index in [2.05, 4.69) is 10.6 Å². The molecule has 4 nitrogen and oxygen atoms in total. The Balaban J connectivity index is 1.78. The molecular formula is C17H17ClN2O2. The van der Waals surface area contributed by atoms with E-state index in [9.17, 15) is 9.59 Å². The Morgan fingerprint density at radius 2 is 1.50 bits per heavy atom. The van der Waals surface area contributed by atoms with E-state index in [4.69, 9.17) is 11.6 Å². The number of halogens is 1. The lowest BCUT2D eigenvalue weighted by atomic mass is 10.2. The minimum atomic E-state index is -0.207. The van der Waals surface area contributed by atoms with E-state index in [-0.39, 0.29) is 24.7 Å². The number of carbonyl (C=O) groups excluding carboxylic acids is 2. The van der Waals surface area contributed by atoms with Crippen LogP contribution in [0.3, 0.4) is 0 Å². The van der Waals surface area contributed by atoms with Crippen LogP contribution >= 0.6 is 11.6 Å². The average Bonchev–Trinajstić information content (AvgIpc) is 2.48. The molecule has 0 radical (unpaired) electrons. The van der Waals surface area contributed by atoms with Crippen molar-refractivity contribution in [3.63, 3.8) is 0 Å². The number of benzene rings is 2. The van der Waals surface area contributed by atoms with Gasteiger partial charge in [0, 0.05) is 29.2 Å². The molecule has 0 unspecified atom stereocenters. The van der Waals surface area contributed by atoms with Crippen molar-refractivity contribution in [3.8, 4) is 0 Å². The van der Waals surface area contributed by atoms with Crippen molar-refractivity contribution in [1.29, 1.82) is 0 Å². The molecule has 0 aliphatic carbocycles. The standard InChI is InChI=1S/C17H17ClN2O2/c1-12-3-2-4-15(11-12)20-17(22)10-9-16(21)19-14-7-5-13(18)6-8-14/h2-8,11H,9-10H2,1H3,(H,19,21)(H,20,22). The van der Waals surface area contributed by atoms with Crippen LogP contribution in [0.15, 0.2) is 48.5 Å². The predicted molar refractivity (Wildman–Crippen MR) is 89.1 cm³/mol. The number of anilines is 2. The van der Waals surface area contributed by atoms with E-state index < -0.39 is 0 Å². The van der Waals surface area contributed by atoms with Gasteiger partial charge < -0.3 is 10.6 Å². The van der Waals surface area contributed by atoms with Crippen molar-refractivity contribution in [2.24, 2.45) is 0 Å². The van der Waals surface area contributed by atoms with Crippen LogP contribution in [-0.2, 0) is 9.59 Å². The maximum absolute atomic E-state index is 11.8. The highest BCUT2D eigenvalue weighted by molar-refractivity contribution is 6.30. The first-order valence-electron chi connectivity index (χ1n) is 6.95. The topological polar surface area (TPSA) is 58.2 Å². The Hall–Kier alpha value is -2.33. The highest BCUT2D eigenvalue weighted by Gasteiger charge is 2.08. The fourth-order valence-corrected chi connectivity index (χ4v) is 2.06. The van der Waals surface area contributed by atoms with E-state index in [0.29, 0.717) is 10.7 Å². The van der Waals surface area contributed by atoms with Crippen LogP contribution in [0.4, 0.5) is 11.4 Å². The Morgan fingerprint density at radius 3 is 2.09 bits per heavy atom. The molecule has 0 saturated carbocycles. The Bertz CT molecular complexity index is 669. The molecule has 0 aliphatic heterocycles. The van der Waals surface area contributed by atoms with E-state index in [1.807, 2.05) is 31.2 Å². The van der Waals surface area contributed by atoms with Crippen LogP contribution in [0.25, 0.3) is 0 Å². The fourth-order valence-electron chi connectivity index (χ4n) is 1.93. The molecule has 0 aliphatic rings. The second-order valence-electron chi connectivity index (χ2n) is 4.97. The molecule has 2 amide bonds. The lowest BCUT2D eigenvalue weighted by Crippen LogP contribution is -2.17. The predicted octanol–water partition coefficient (Wildman–Crippen LogP) is 4.01. The Morgan fingerprint density at radius 1 is 0.909 bits per heavy atom. The van der Waals surface area contributed by atoms with Gasteiger partial charge in [0.05, 0.1) is 0 Å². The van der Waals surface area contributed by atoms with E-state index in [0.717, 1.165) is 11.3 Å². The summed E-state index contributed by atoms with van der Waals surface area (Å²) in [6.07, 6.45) is 0.258. The maximum Gasteiger partial charge on any atom is 0.224 e. The van der Waals surface area contributed by atoms with Crippen molar-refractivity contribution in [1.82, 2.24) is 0 Å². The van der Waals surface area contributed by atoms with Crippen LogP contribution in [0, 0.1) is 6.92 Å². The van der Waals surface area contributed by atoms with Crippen LogP contribution in [-0.4, -0.2) is 11.8 Å². The van der Waals surface area contributed by atoms with Gasteiger partial charge in [-0.05, 0) is 48.9 Å². The van der Waals surface area contributed by atoms with Gasteiger partial charge in [0.15, 0.2) is 0 Å². The number of hydrogen-bond donors (Lipinski definition) is 2. The molecule has 0 atom stereocenters. The third kappa shape index (κ3) is 5.22. The number of nitrogens with one attached hydrogen (secondary N) is 2. The SMILES string of the molecule is Cc1cccc(NC(=O)CCC(=O)Nc2ccc(Cl)cc2)c1. The monoisotopic (exact) mass is 316 g/mol. The summed E-state index contributed by atoms with van der Waals surface area (Å²) in [5.41, 5.74) is 2.47. The van der Waals surface area contributed by atoms with Gasteiger partial charge in [-0.2, -0.15) is 0 Å². The highest BCUT2D eigenvalue weighted by Crippen LogP contribution is 2.14. The number of aryl methyl sites for hydroxylation is 1. The summed E-state index contributed by atoms with van der Waals surface area (Å²) in [5.74, 6) is -0.390. The minimum Gasteiger partial charge on any atom is -0.326 e. The Labute approximate surface area is 134 Å². The lowest BCUT2D eigenvalue weighted by molar-refractivity contribution is -0.121. The first-order valence-corrected chi connectivity index (χ1v) is 7.33. The van der Waals surface area contributed by atoms with Crippen LogP contribution in [0.1, 0.15) is 18.4 Å². The summed E-state index contributed by atoms with van der Waals surface area (Å²) < 4.78 is 0. The van der Waals surface area contributed by atoms with Crippen molar-refractivity contribution in [2.75, 3.05) is 10.6 Å². The van der Waals surface area contributed by atoms with Crippen LogP contribution in [0.2, 0.25) is 5.02 Å². The number of rotatable bonds is 5. The molecule has 0 spiro atoms. The summed E-state index contributed by atoms with van der Waals surface area (Å²) in [6, 6.07) is 14.3. The molecule has 2 aromatic carbocycles. The molecule has 0 fully saturated rings. The van der Waals surface area contributed by atoms with Crippen molar-refractivity contribution >= 4 is 34.8 Å². The van der Waals surface area contributed by atoms with Gasteiger partial charge in [0.2, 0.25) is 11.8 Å². The molecular weight excluding hydrogens is 300 g/mol. The quantitative estimate of drug-likeness (QED) is 0.875. The van der Waals surface area contributed by atoms with Gasteiger partial charge in [-0.1, -0.05) is 23.7 Å². The molecule has 0 saturated heterocycles. The van der Waals surface area contributed by atoms with Crippen molar-refractivity contribution in [3.05, 3.63) is 59.1 Å². The number of amides is 2. The van der Waals surface area contributed by atoms with Gasteiger partial charge in [0.25, 0.3) is 0 Å². The van der Waals surface area contributed by atoms with E-state index in [1.165, 1.54) is 0 Å². The zero-order valence-corrected chi connectivity index (χ0v) is 13.0. The molecule has 114 valence electrons. The zero-order chi connectivity index (χ0) is 15.9. The summed E-state index contributed by atoms with van der Waals surface area (Å²) in [5, 5.41) is 6.10. The average molecular weight is 317 g/mol. The molecule has 2 N–H and O–H groups in total. The van der Waals surface area contributed by atoms with Gasteiger partial charge >= 0.3 is 0 Å². The largest absolute Gasteiger partial charge is 0.326 e. The summed E-state index contributed by atoms with van der Waals surface area (Å²) in [6.45, 7) is 1.95. The third-order valence-electron chi connectivity index (χ3n) is 3.01. The molecule has 0 bridgehead atoms. The minimum absolute atomic E-state index is 0.125. The van der Waals surface area contributed by atoms with Gasteiger partial charge in [0.1, 0.15) is 0 Å². The summed E-state index contributed by atoms with van der Waals surface area (Å²) in [7, 11) is 0. The van der Waals surface area contributed by atoms with Crippen LogP contribution < -0.4 is 10.6 Å². The lowest BCUT2D eigenvalue weighted by Gasteiger charge is -2.07. The molecule has 0 aromatic heterocycles. The number of hydrogen-bond acceptors (Lipinski definition) is 2. The Kier molecular flexibility index (Phi) is 5.55. The molecule has 2 aromatic rings. The van der Waals surface area contributed by atoms with Gasteiger partial charge in [-0.3, -0.25) is 9.59 Å². The van der Waals surface area contributed by atoms with Gasteiger partial charge in [-0.25, -0.2) is 0 Å². The first kappa shape index (κ1) is 16.0. The van der Waals surface area contributed by atoms with Crippen molar-refractivity contribution in [2.45, 2.75) is 19.8 Å². The third-order valence-corrected chi connectivity index (χ3v) is 3.26. The molecule has 0 heterocycles. The smallest absolute Gasteiger partial charge is 0.224 e. The second-order valence-corrected chi connectivity index (χ2v) is 5.41. The molecule has 2 rings (SSSR count). The fraction of sp³-hybridized carbons (Fsp3) is 0.176. The number of carbonyl (C=O) groups is 2. The van der Waals surface area contributed by atoms with Gasteiger partial charge in [-0.15, -0.1) is 0 Å². The second kappa shape index (κ2) is 7.61. The van der Waals surface area contributed by atoms with E-state index >= 15 is 0 Å². The van der Waals surface area contributed by atoms with E-state index in [1.54, 1.807) is 24.3 Å². The molecule has 22 heavy (non-hydrogen) atoms. The summed E-state index contributed by atoms with van der Waals surface area (Å²) >= 11 is 5.77. The summed E-state index contributed by atoms with van der Waals surface area (Å²) in [4.78, 5) is 23.6. The first-order chi connectivity index (χ1) is 10.5. The van der Waals surface area contributed by atoms with Crippen LogP contribution in [0.5, 0.6) is 0 Å². The zero-order valence-electron chi connectivity index (χ0n) is 12.2. The molecule has 5 heteroatoms. The van der Waals surface area contributed by atoms with Crippen molar-refractivity contribution < 1.29 is 9.59 Å². The maximum atomic E-state index is 11.8. The highest BCUT2D eigenvalue weighted by atomic mass is 35.5. The normalized spacial score (nSPS) is 10.1.